The van der Waals surface area contributed by atoms with Crippen molar-refractivity contribution in [3.63, 3.8) is 0 Å². The zero-order valence-electron chi connectivity index (χ0n) is 19.5. The van der Waals surface area contributed by atoms with Crippen molar-refractivity contribution >= 4 is 10.9 Å². The predicted molar refractivity (Wildman–Crippen MR) is 135 cm³/mol. The van der Waals surface area contributed by atoms with Crippen LogP contribution < -0.4 is 4.74 Å². The molecule has 1 aliphatic carbocycles. The topological polar surface area (TPSA) is 17.4 Å². The van der Waals surface area contributed by atoms with Gasteiger partial charge in [0, 0.05) is 36.2 Å². The Morgan fingerprint density at radius 1 is 0.879 bits per heavy atom. The van der Waals surface area contributed by atoms with E-state index in [1.54, 1.807) is 11.3 Å². The molecule has 0 radical (unpaired) electrons. The van der Waals surface area contributed by atoms with E-state index in [4.69, 9.17) is 4.74 Å². The van der Waals surface area contributed by atoms with E-state index in [1.807, 2.05) is 6.07 Å². The van der Waals surface area contributed by atoms with E-state index < -0.39 is 0 Å². The van der Waals surface area contributed by atoms with Crippen LogP contribution >= 0.6 is 0 Å². The van der Waals surface area contributed by atoms with Gasteiger partial charge in [-0.15, -0.1) is 0 Å². The number of aromatic nitrogens is 1. The molecule has 1 aromatic heterocycles. The molecule has 0 amide bonds. The first kappa shape index (κ1) is 20.6. The van der Waals surface area contributed by atoms with Crippen LogP contribution in [0.2, 0.25) is 0 Å². The molecular weight excluding hydrogens is 404 g/mol. The molecule has 33 heavy (non-hydrogen) atoms. The van der Waals surface area contributed by atoms with E-state index in [0.29, 0.717) is 12.6 Å². The summed E-state index contributed by atoms with van der Waals surface area (Å²) >= 11 is 0. The van der Waals surface area contributed by atoms with Gasteiger partial charge in [0.1, 0.15) is 12.4 Å². The highest BCUT2D eigenvalue weighted by Crippen LogP contribution is 2.42. The second-order valence-electron chi connectivity index (χ2n) is 9.69. The maximum atomic E-state index is 6.00. The van der Waals surface area contributed by atoms with E-state index in [9.17, 15) is 0 Å². The lowest BCUT2D eigenvalue weighted by Crippen LogP contribution is -2.31. The second kappa shape index (κ2) is 8.72. The Hall–Kier alpha value is -3.04. The lowest BCUT2D eigenvalue weighted by Gasteiger charge is -2.33. The van der Waals surface area contributed by atoms with Crippen LogP contribution in [0.3, 0.4) is 0 Å². The summed E-state index contributed by atoms with van der Waals surface area (Å²) in [7, 11) is 0. The molecule has 2 heterocycles. The van der Waals surface area contributed by atoms with Gasteiger partial charge in [-0.2, -0.15) is 0 Å². The molecule has 0 fully saturated rings. The Morgan fingerprint density at radius 2 is 1.73 bits per heavy atom. The largest absolute Gasteiger partial charge is 0.489 e. The molecule has 6 rings (SSSR count). The summed E-state index contributed by atoms with van der Waals surface area (Å²) in [4.78, 5) is 2.73. The number of rotatable bonds is 5. The minimum absolute atomic E-state index is 0.526. The molecule has 3 aromatic carbocycles. The summed E-state index contributed by atoms with van der Waals surface area (Å²) in [6.45, 7) is 6.12. The first-order valence-electron chi connectivity index (χ1n) is 12.4. The van der Waals surface area contributed by atoms with Crippen LogP contribution in [0.1, 0.15) is 53.3 Å². The molecule has 3 nitrogen and oxygen atoms in total. The number of ether oxygens (including phenoxy) is 1. The van der Waals surface area contributed by atoms with Crippen molar-refractivity contribution in [1.82, 2.24) is 9.47 Å². The fourth-order valence-electron chi connectivity index (χ4n) is 5.85. The summed E-state index contributed by atoms with van der Waals surface area (Å²) in [5.41, 5.74) is 8.59. The first-order valence-corrected chi connectivity index (χ1v) is 12.4. The van der Waals surface area contributed by atoms with E-state index in [1.165, 1.54) is 53.3 Å². The average molecular weight is 437 g/mol. The van der Waals surface area contributed by atoms with Crippen LogP contribution in [0.15, 0.2) is 72.8 Å². The van der Waals surface area contributed by atoms with Crippen LogP contribution in [-0.4, -0.2) is 16.0 Å². The van der Waals surface area contributed by atoms with E-state index in [-0.39, 0.29) is 0 Å². The number of nitrogens with zero attached hydrogens (tertiary/aromatic N) is 2. The molecule has 0 bridgehead atoms. The van der Waals surface area contributed by atoms with Crippen molar-refractivity contribution in [2.45, 2.75) is 58.3 Å². The third-order valence-corrected chi connectivity index (χ3v) is 7.41. The fourth-order valence-corrected chi connectivity index (χ4v) is 5.85. The fraction of sp³-hybridized carbons (Fsp3) is 0.333. The van der Waals surface area contributed by atoms with Crippen molar-refractivity contribution < 1.29 is 4.74 Å². The van der Waals surface area contributed by atoms with Crippen LogP contribution in [0.25, 0.3) is 10.9 Å². The molecule has 0 unspecified atom stereocenters. The molecule has 1 aliphatic heterocycles. The highest BCUT2D eigenvalue weighted by molar-refractivity contribution is 5.87. The van der Waals surface area contributed by atoms with Crippen molar-refractivity contribution in [2.24, 2.45) is 0 Å². The zero-order chi connectivity index (χ0) is 22.2. The van der Waals surface area contributed by atoms with Gasteiger partial charge in [0.05, 0.1) is 6.04 Å². The van der Waals surface area contributed by atoms with E-state index in [0.717, 1.165) is 25.4 Å². The Balaban J connectivity index is 1.22. The van der Waals surface area contributed by atoms with Gasteiger partial charge in [-0.25, -0.2) is 0 Å². The minimum atomic E-state index is 0.526. The summed E-state index contributed by atoms with van der Waals surface area (Å²) in [5, 5.41) is 1.50. The molecule has 2 aliphatic rings. The lowest BCUT2D eigenvalue weighted by molar-refractivity contribution is 0.173. The molecule has 1 atom stereocenters. The van der Waals surface area contributed by atoms with Gasteiger partial charge >= 0.3 is 0 Å². The molecular formula is C30H32N2O. The Morgan fingerprint density at radius 3 is 2.58 bits per heavy atom. The van der Waals surface area contributed by atoms with Crippen molar-refractivity contribution in [3.05, 3.63) is 101 Å². The quantitative estimate of drug-likeness (QED) is 0.342. The number of hydrogen-bond acceptors (Lipinski definition) is 2. The Labute approximate surface area is 196 Å². The standard InChI is InChI=1S/C30H32N2O/c1-22-11-16-28-27(19-22)26-9-5-10-29-30(26)32(28)18-6-17-31(29)20-23-12-14-25(15-13-23)33-21-24-7-3-2-4-8-24/h2-4,7-8,11-16,19,29H,5-6,9-10,17-18,20-21H2,1H3/t29-/m0/s1. The number of benzene rings is 3. The van der Waals surface area contributed by atoms with Crippen LogP contribution in [0.5, 0.6) is 5.75 Å². The number of aryl methyl sites for hydroxylation is 3. The van der Waals surface area contributed by atoms with Crippen molar-refractivity contribution in [2.75, 3.05) is 6.54 Å². The van der Waals surface area contributed by atoms with Gasteiger partial charge in [0.2, 0.25) is 0 Å². The van der Waals surface area contributed by atoms with Crippen LogP contribution in [0.4, 0.5) is 0 Å². The molecule has 0 saturated carbocycles. The van der Waals surface area contributed by atoms with Crippen LogP contribution in [-0.2, 0) is 26.1 Å². The molecule has 168 valence electrons. The zero-order valence-corrected chi connectivity index (χ0v) is 19.5. The summed E-state index contributed by atoms with van der Waals surface area (Å²) in [5.74, 6) is 0.939. The average Bonchev–Trinajstić information content (AvgIpc) is 3.04. The highest BCUT2D eigenvalue weighted by atomic mass is 16.5. The summed E-state index contributed by atoms with van der Waals surface area (Å²) < 4.78 is 8.64. The van der Waals surface area contributed by atoms with Gasteiger partial charge in [0.25, 0.3) is 0 Å². The van der Waals surface area contributed by atoms with Gasteiger partial charge in [-0.05, 0) is 73.6 Å². The molecule has 0 saturated heterocycles. The third-order valence-electron chi connectivity index (χ3n) is 7.41. The number of fused-ring (bicyclic) bond motifs is 3. The van der Waals surface area contributed by atoms with E-state index in [2.05, 4.69) is 83.1 Å². The third kappa shape index (κ3) is 3.95. The van der Waals surface area contributed by atoms with Crippen LogP contribution in [0, 0.1) is 6.92 Å². The van der Waals surface area contributed by atoms with E-state index >= 15 is 0 Å². The molecule has 4 aromatic rings. The van der Waals surface area contributed by atoms with Gasteiger partial charge in [-0.3, -0.25) is 4.90 Å². The monoisotopic (exact) mass is 436 g/mol. The van der Waals surface area contributed by atoms with Gasteiger partial charge in [0.15, 0.2) is 0 Å². The van der Waals surface area contributed by atoms with Gasteiger partial charge in [-0.1, -0.05) is 54.1 Å². The molecule has 3 heteroatoms. The first-order chi connectivity index (χ1) is 16.3. The summed E-state index contributed by atoms with van der Waals surface area (Å²) in [6, 6.07) is 26.7. The van der Waals surface area contributed by atoms with Crippen molar-refractivity contribution in [3.8, 4) is 5.75 Å². The Kier molecular flexibility index (Phi) is 5.43. The maximum Gasteiger partial charge on any atom is 0.119 e. The number of hydrogen-bond donors (Lipinski definition) is 0. The smallest absolute Gasteiger partial charge is 0.119 e. The molecule has 0 N–H and O–H groups in total. The molecule has 0 spiro atoms. The highest BCUT2D eigenvalue weighted by Gasteiger charge is 2.33. The maximum absolute atomic E-state index is 6.00. The summed E-state index contributed by atoms with van der Waals surface area (Å²) in [6.07, 6.45) is 4.98. The lowest BCUT2D eigenvalue weighted by atomic mass is 9.90. The minimum Gasteiger partial charge on any atom is -0.489 e. The normalized spacial score (nSPS) is 18.2. The SMILES string of the molecule is Cc1ccc2c(c1)c1c3n2CCCN(Cc2ccc(OCc4ccccc4)cc2)[C@H]3CCC1. The van der Waals surface area contributed by atoms with Gasteiger partial charge < -0.3 is 9.30 Å². The predicted octanol–water partition coefficient (Wildman–Crippen LogP) is 6.81. The van der Waals surface area contributed by atoms with Crippen molar-refractivity contribution in [1.29, 1.82) is 0 Å². The Bertz CT molecular complexity index is 1250. The second-order valence-corrected chi connectivity index (χ2v) is 9.69.